The van der Waals surface area contributed by atoms with Crippen molar-refractivity contribution in [2.75, 3.05) is 18.0 Å². The minimum absolute atomic E-state index is 0.663. The maximum absolute atomic E-state index is 4.66. The van der Waals surface area contributed by atoms with E-state index >= 15 is 0 Å². The van der Waals surface area contributed by atoms with Gasteiger partial charge in [-0.25, -0.2) is 0 Å². The van der Waals surface area contributed by atoms with Crippen LogP contribution in [0.3, 0.4) is 0 Å². The van der Waals surface area contributed by atoms with E-state index in [0.29, 0.717) is 5.41 Å². The summed E-state index contributed by atoms with van der Waals surface area (Å²) in [6, 6.07) is 10.8. The van der Waals surface area contributed by atoms with Crippen LogP contribution in [0.15, 0.2) is 30.3 Å². The lowest BCUT2D eigenvalue weighted by atomic mass is 9.94. The highest BCUT2D eigenvalue weighted by molar-refractivity contribution is 5.92. The van der Waals surface area contributed by atoms with Gasteiger partial charge in [0, 0.05) is 29.9 Å². The van der Waals surface area contributed by atoms with Gasteiger partial charge in [0.25, 0.3) is 0 Å². The molecule has 0 bridgehead atoms. The number of fused-ring (bicyclic) bond motifs is 1. The fourth-order valence-electron chi connectivity index (χ4n) is 3.55. The highest BCUT2D eigenvalue weighted by atomic mass is 15.2. The Hall–Kier alpha value is -1.57. The number of pyridine rings is 1. The number of hydrogen-bond donors (Lipinski definition) is 0. The molecule has 0 N–H and O–H groups in total. The predicted molar refractivity (Wildman–Crippen MR) is 79.6 cm³/mol. The number of para-hydroxylation sites is 1. The van der Waals surface area contributed by atoms with Crippen LogP contribution in [0, 0.1) is 12.3 Å². The third kappa shape index (κ3) is 1.90. The molecule has 2 heteroatoms. The lowest BCUT2D eigenvalue weighted by Crippen LogP contribution is -2.36. The van der Waals surface area contributed by atoms with Crippen LogP contribution in [0.5, 0.6) is 0 Å². The standard InChI is InChI=1S/C17H20N2/c1-13-11-16(14-5-2-3-6-15(14)18-13)19-10-4-7-17(12-19)8-9-17/h2-3,5-6,11H,4,7-10,12H2,1H3. The molecule has 1 spiro atoms. The van der Waals surface area contributed by atoms with Crippen LogP contribution in [0.25, 0.3) is 10.9 Å². The quantitative estimate of drug-likeness (QED) is 0.764. The maximum atomic E-state index is 4.66. The first-order valence-corrected chi connectivity index (χ1v) is 7.37. The number of rotatable bonds is 1. The van der Waals surface area contributed by atoms with E-state index in [1.807, 2.05) is 0 Å². The highest BCUT2D eigenvalue weighted by Gasteiger charge is 2.45. The number of anilines is 1. The third-order valence-corrected chi connectivity index (χ3v) is 4.78. The Morgan fingerprint density at radius 1 is 1.16 bits per heavy atom. The molecule has 1 saturated carbocycles. The van der Waals surface area contributed by atoms with Crippen molar-refractivity contribution in [1.82, 2.24) is 4.98 Å². The van der Waals surface area contributed by atoms with Gasteiger partial charge >= 0.3 is 0 Å². The molecule has 1 aliphatic carbocycles. The average molecular weight is 252 g/mol. The van der Waals surface area contributed by atoms with Crippen LogP contribution in [0.1, 0.15) is 31.4 Å². The van der Waals surface area contributed by atoms with Gasteiger partial charge in [0.2, 0.25) is 0 Å². The van der Waals surface area contributed by atoms with Crippen molar-refractivity contribution in [3.8, 4) is 0 Å². The molecule has 0 radical (unpaired) electrons. The zero-order chi connectivity index (χ0) is 12.9. The van der Waals surface area contributed by atoms with Crippen LogP contribution in [0.4, 0.5) is 5.69 Å². The zero-order valence-corrected chi connectivity index (χ0v) is 11.5. The molecule has 98 valence electrons. The molecule has 19 heavy (non-hydrogen) atoms. The minimum atomic E-state index is 0.663. The van der Waals surface area contributed by atoms with Crippen LogP contribution in [0.2, 0.25) is 0 Å². The Morgan fingerprint density at radius 3 is 2.84 bits per heavy atom. The first-order chi connectivity index (χ1) is 9.26. The van der Waals surface area contributed by atoms with Gasteiger partial charge in [-0.1, -0.05) is 18.2 Å². The molecule has 2 heterocycles. The van der Waals surface area contributed by atoms with E-state index in [9.17, 15) is 0 Å². The van der Waals surface area contributed by atoms with Crippen molar-refractivity contribution in [3.63, 3.8) is 0 Å². The zero-order valence-electron chi connectivity index (χ0n) is 11.5. The largest absolute Gasteiger partial charge is 0.370 e. The van der Waals surface area contributed by atoms with Crippen molar-refractivity contribution in [2.24, 2.45) is 5.41 Å². The molecule has 2 fully saturated rings. The van der Waals surface area contributed by atoms with Crippen LogP contribution in [-0.4, -0.2) is 18.1 Å². The van der Waals surface area contributed by atoms with Gasteiger partial charge in [-0.15, -0.1) is 0 Å². The Labute approximate surface area is 114 Å². The molecule has 2 aliphatic rings. The molecule has 1 aliphatic heterocycles. The molecule has 1 aromatic heterocycles. The lowest BCUT2D eigenvalue weighted by Gasteiger charge is -2.35. The number of piperidine rings is 1. The Bertz CT molecular complexity index is 628. The fourth-order valence-corrected chi connectivity index (χ4v) is 3.55. The first-order valence-electron chi connectivity index (χ1n) is 7.37. The van der Waals surface area contributed by atoms with Gasteiger partial charge in [0.15, 0.2) is 0 Å². The summed E-state index contributed by atoms with van der Waals surface area (Å²) in [6.45, 7) is 4.56. The van der Waals surface area contributed by atoms with E-state index in [-0.39, 0.29) is 0 Å². The van der Waals surface area contributed by atoms with Gasteiger partial charge in [-0.05, 0) is 50.2 Å². The maximum Gasteiger partial charge on any atom is 0.0726 e. The van der Waals surface area contributed by atoms with E-state index < -0.39 is 0 Å². The number of aryl methyl sites for hydroxylation is 1. The van der Waals surface area contributed by atoms with Gasteiger partial charge in [-0.3, -0.25) is 4.98 Å². The molecular weight excluding hydrogens is 232 g/mol. The Kier molecular flexibility index (Phi) is 2.35. The molecule has 1 saturated heterocycles. The van der Waals surface area contributed by atoms with E-state index in [0.717, 1.165) is 11.2 Å². The molecule has 0 amide bonds. The topological polar surface area (TPSA) is 16.1 Å². The number of aromatic nitrogens is 1. The van der Waals surface area contributed by atoms with Crippen molar-refractivity contribution in [3.05, 3.63) is 36.0 Å². The minimum Gasteiger partial charge on any atom is -0.370 e. The average Bonchev–Trinajstić information content (AvgIpc) is 3.17. The number of nitrogens with zero attached hydrogens (tertiary/aromatic N) is 2. The van der Waals surface area contributed by atoms with Crippen molar-refractivity contribution < 1.29 is 0 Å². The second-order valence-corrected chi connectivity index (χ2v) is 6.33. The van der Waals surface area contributed by atoms with Gasteiger partial charge in [-0.2, -0.15) is 0 Å². The van der Waals surface area contributed by atoms with Crippen molar-refractivity contribution >= 4 is 16.6 Å². The van der Waals surface area contributed by atoms with Gasteiger partial charge in [0.1, 0.15) is 0 Å². The number of hydrogen-bond acceptors (Lipinski definition) is 2. The SMILES string of the molecule is Cc1cc(N2CCCC3(CC3)C2)c2ccccc2n1. The summed E-state index contributed by atoms with van der Waals surface area (Å²) in [5.41, 5.74) is 4.32. The number of benzene rings is 1. The summed E-state index contributed by atoms with van der Waals surface area (Å²) in [5, 5.41) is 1.31. The summed E-state index contributed by atoms with van der Waals surface area (Å²) in [7, 11) is 0. The highest BCUT2D eigenvalue weighted by Crippen LogP contribution is 2.52. The summed E-state index contributed by atoms with van der Waals surface area (Å²) in [6.07, 6.45) is 5.65. The smallest absolute Gasteiger partial charge is 0.0726 e. The lowest BCUT2D eigenvalue weighted by molar-refractivity contribution is 0.396. The molecule has 2 aromatic rings. The second kappa shape index (κ2) is 3.96. The fraction of sp³-hybridized carbons (Fsp3) is 0.471. The molecule has 1 aromatic carbocycles. The van der Waals surface area contributed by atoms with Crippen molar-refractivity contribution in [2.45, 2.75) is 32.6 Å². The molecule has 0 atom stereocenters. The van der Waals surface area contributed by atoms with Crippen molar-refractivity contribution in [1.29, 1.82) is 0 Å². The van der Waals surface area contributed by atoms with Gasteiger partial charge in [0.05, 0.1) is 5.52 Å². The molecule has 4 rings (SSSR count). The molecule has 2 nitrogen and oxygen atoms in total. The summed E-state index contributed by atoms with van der Waals surface area (Å²) in [5.74, 6) is 0. The summed E-state index contributed by atoms with van der Waals surface area (Å²) >= 11 is 0. The second-order valence-electron chi connectivity index (χ2n) is 6.33. The van der Waals surface area contributed by atoms with E-state index in [1.54, 1.807) is 0 Å². The normalized spacial score (nSPS) is 21.0. The van der Waals surface area contributed by atoms with Crippen LogP contribution in [-0.2, 0) is 0 Å². The van der Waals surface area contributed by atoms with E-state index in [4.69, 9.17) is 0 Å². The van der Waals surface area contributed by atoms with Crippen LogP contribution < -0.4 is 4.90 Å². The van der Waals surface area contributed by atoms with Gasteiger partial charge < -0.3 is 4.90 Å². The molecular formula is C17H20N2. The molecule has 0 unspecified atom stereocenters. The summed E-state index contributed by atoms with van der Waals surface area (Å²) < 4.78 is 0. The Balaban J connectivity index is 1.81. The van der Waals surface area contributed by atoms with Crippen LogP contribution >= 0.6 is 0 Å². The Morgan fingerprint density at radius 2 is 2.00 bits per heavy atom. The monoisotopic (exact) mass is 252 g/mol. The third-order valence-electron chi connectivity index (χ3n) is 4.78. The van der Waals surface area contributed by atoms with E-state index in [2.05, 4.69) is 47.1 Å². The van der Waals surface area contributed by atoms with E-state index in [1.165, 1.54) is 49.8 Å². The first kappa shape index (κ1) is 11.3. The summed E-state index contributed by atoms with van der Waals surface area (Å²) in [4.78, 5) is 7.26. The predicted octanol–water partition coefficient (Wildman–Crippen LogP) is 3.92.